The average molecular weight is 738 g/mol. The van der Waals surface area contributed by atoms with Crippen molar-refractivity contribution in [3.05, 3.63) is 84.4 Å². The Morgan fingerprint density at radius 1 is 0.827 bits per heavy atom. The van der Waals surface area contributed by atoms with Crippen molar-refractivity contribution in [1.82, 2.24) is 14.9 Å². The Balaban J connectivity index is 1.24. The number of hydrogen-bond donors (Lipinski definition) is 2. The zero-order chi connectivity index (χ0) is 37.1. The molecule has 2 saturated heterocycles. The number of nitrogens with one attached hydrogen (secondary N) is 2. The Labute approximate surface area is 305 Å². The first kappa shape index (κ1) is 37.7. The second kappa shape index (κ2) is 15.5. The zero-order valence-electron chi connectivity index (χ0n) is 30.0. The maximum Gasteiger partial charge on any atom is 0.407 e. The van der Waals surface area contributed by atoms with E-state index in [-0.39, 0.29) is 10.9 Å². The number of sulfonamides is 1. The molecule has 1 aliphatic carbocycles. The number of ether oxygens (including phenoxy) is 2. The lowest BCUT2D eigenvalue weighted by Gasteiger charge is -2.42. The van der Waals surface area contributed by atoms with Crippen molar-refractivity contribution < 1.29 is 36.3 Å². The molecular formula is C40H49F2N3O6S. The molecule has 6 rings (SSSR count). The second-order valence-electron chi connectivity index (χ2n) is 15.4. The van der Waals surface area contributed by atoms with E-state index in [1.807, 2.05) is 30.3 Å². The molecule has 3 aliphatic rings. The van der Waals surface area contributed by atoms with Gasteiger partial charge in [-0.2, -0.15) is 13.5 Å². The molecule has 0 radical (unpaired) electrons. The van der Waals surface area contributed by atoms with Gasteiger partial charge in [0.15, 0.2) is 6.04 Å². The van der Waals surface area contributed by atoms with Gasteiger partial charge in [0.1, 0.15) is 11.4 Å². The van der Waals surface area contributed by atoms with Crippen LogP contribution in [0.1, 0.15) is 84.1 Å². The quantitative estimate of drug-likeness (QED) is 0.208. The largest absolute Gasteiger partial charge is 0.493 e. The second-order valence-corrected chi connectivity index (χ2v) is 17.1. The Bertz CT molecular complexity index is 1780. The number of halogens is 2. The number of amides is 2. The van der Waals surface area contributed by atoms with E-state index in [2.05, 4.69) is 10.0 Å². The van der Waals surface area contributed by atoms with Gasteiger partial charge in [-0.1, -0.05) is 73.9 Å². The Kier molecular flexibility index (Phi) is 11.3. The summed E-state index contributed by atoms with van der Waals surface area (Å²) in [6, 6.07) is 16.8. The highest BCUT2D eigenvalue weighted by molar-refractivity contribution is 7.89. The van der Waals surface area contributed by atoms with Crippen LogP contribution in [0.3, 0.4) is 0 Å². The highest BCUT2D eigenvalue weighted by atomic mass is 32.2. The molecule has 9 nitrogen and oxygen atoms in total. The molecule has 2 bridgehead atoms. The number of benzene rings is 3. The summed E-state index contributed by atoms with van der Waals surface area (Å²) in [5.74, 6) is -3.99. The van der Waals surface area contributed by atoms with Gasteiger partial charge in [-0.05, 0) is 101 Å². The van der Waals surface area contributed by atoms with Gasteiger partial charge in [0.25, 0.3) is 5.92 Å². The first-order chi connectivity index (χ1) is 24.7. The smallest absolute Gasteiger partial charge is 0.407 e. The molecule has 3 aromatic rings. The molecule has 3 atom stereocenters. The standard InChI is InChI=1S/C40H49F2N3O6S/c1-39(2,3)51-38(47)43-31-24-32-18-19-33(25-31)45(32)37(46)36(40(41,42)30-16-14-29(15-17-30)28-12-8-5-9-13-28)44-52(48,49)35-22-20-34(21-23-35)50-26-27-10-6-4-7-11-27/h5,8-9,12-17,20-23,27,31-33,36,44H,4,6-7,10-11,18-19,24-26H2,1-3H3,(H,43,47). The Hall–Kier alpha value is -4.03. The van der Waals surface area contributed by atoms with Gasteiger partial charge in [-0.3, -0.25) is 4.79 Å². The van der Waals surface area contributed by atoms with Crippen molar-refractivity contribution in [3.8, 4) is 16.9 Å². The van der Waals surface area contributed by atoms with Crippen LogP contribution in [0.25, 0.3) is 11.1 Å². The molecule has 3 fully saturated rings. The third-order valence-electron chi connectivity index (χ3n) is 10.3. The molecule has 52 heavy (non-hydrogen) atoms. The number of carbonyl (C=O) groups excluding carboxylic acids is 2. The molecule has 2 heterocycles. The van der Waals surface area contributed by atoms with E-state index in [0.29, 0.717) is 49.5 Å². The Morgan fingerprint density at radius 2 is 1.42 bits per heavy atom. The summed E-state index contributed by atoms with van der Waals surface area (Å²) in [5.41, 5.74) is 0.342. The SMILES string of the molecule is CC(C)(C)OC(=O)NC1CC2CCC(C1)N2C(=O)C(NS(=O)(=O)c1ccc(OCC2CCCCC2)cc1)C(F)(F)c1ccc(-c2ccccc2)cc1. The van der Waals surface area contributed by atoms with E-state index in [1.54, 1.807) is 20.8 Å². The minimum atomic E-state index is -4.60. The normalized spacial score (nSPS) is 21.7. The predicted octanol–water partition coefficient (Wildman–Crippen LogP) is 7.80. The summed E-state index contributed by atoms with van der Waals surface area (Å²) in [4.78, 5) is 28.0. The topological polar surface area (TPSA) is 114 Å². The molecule has 1 saturated carbocycles. The number of alkyl carbamates (subject to hydrolysis) is 1. The lowest BCUT2D eigenvalue weighted by Crippen LogP contribution is -2.61. The zero-order valence-corrected chi connectivity index (χ0v) is 30.8. The molecule has 3 unspecified atom stereocenters. The van der Waals surface area contributed by atoms with Crippen molar-refractivity contribution in [2.24, 2.45) is 5.92 Å². The van der Waals surface area contributed by atoms with E-state index in [9.17, 15) is 18.0 Å². The van der Waals surface area contributed by atoms with Crippen LogP contribution >= 0.6 is 0 Å². The van der Waals surface area contributed by atoms with E-state index in [0.717, 1.165) is 18.4 Å². The van der Waals surface area contributed by atoms with Crippen LogP contribution in [0, 0.1) is 5.92 Å². The molecule has 3 aromatic carbocycles. The van der Waals surface area contributed by atoms with Crippen molar-refractivity contribution in [2.45, 2.75) is 119 Å². The van der Waals surface area contributed by atoms with Crippen LogP contribution in [-0.2, 0) is 25.5 Å². The molecule has 12 heteroatoms. The summed E-state index contributed by atoms with van der Waals surface area (Å²) < 4.78 is 74.6. The fourth-order valence-corrected chi connectivity index (χ4v) is 8.94. The fourth-order valence-electron chi connectivity index (χ4n) is 7.75. The molecule has 0 spiro atoms. The van der Waals surface area contributed by atoms with Crippen LogP contribution in [0.15, 0.2) is 83.8 Å². The lowest BCUT2D eigenvalue weighted by molar-refractivity contribution is -0.149. The Morgan fingerprint density at radius 3 is 2.02 bits per heavy atom. The minimum absolute atomic E-state index is 0.256. The first-order valence-electron chi connectivity index (χ1n) is 18.3. The number of nitrogens with zero attached hydrogens (tertiary/aromatic N) is 1. The van der Waals surface area contributed by atoms with Crippen molar-refractivity contribution in [3.63, 3.8) is 0 Å². The maximum absolute atomic E-state index is 16.8. The average Bonchev–Trinajstić information content (AvgIpc) is 3.39. The van der Waals surface area contributed by atoms with Crippen LogP contribution in [-0.4, -0.2) is 61.7 Å². The summed E-state index contributed by atoms with van der Waals surface area (Å²) in [5, 5.41) is 2.86. The maximum atomic E-state index is 16.8. The highest BCUT2D eigenvalue weighted by Crippen LogP contribution is 2.41. The van der Waals surface area contributed by atoms with Gasteiger partial charge >= 0.3 is 6.09 Å². The van der Waals surface area contributed by atoms with Crippen molar-refractivity contribution in [2.75, 3.05) is 6.61 Å². The minimum Gasteiger partial charge on any atom is -0.493 e. The molecular weight excluding hydrogens is 689 g/mol. The summed E-state index contributed by atoms with van der Waals surface area (Å²) >= 11 is 0. The number of alkyl halides is 2. The van der Waals surface area contributed by atoms with Gasteiger partial charge in [0.05, 0.1) is 11.5 Å². The van der Waals surface area contributed by atoms with Gasteiger partial charge in [-0.25, -0.2) is 13.2 Å². The molecule has 2 N–H and O–H groups in total. The van der Waals surface area contributed by atoms with Crippen molar-refractivity contribution in [1.29, 1.82) is 0 Å². The van der Waals surface area contributed by atoms with E-state index in [1.165, 1.54) is 72.7 Å². The number of fused-ring (bicyclic) bond motifs is 2. The highest BCUT2D eigenvalue weighted by Gasteiger charge is 2.54. The number of rotatable bonds is 11. The van der Waals surface area contributed by atoms with E-state index < -0.39 is 57.2 Å². The number of carbonyl (C=O) groups is 2. The van der Waals surface area contributed by atoms with E-state index in [4.69, 9.17) is 9.47 Å². The summed E-state index contributed by atoms with van der Waals surface area (Å²) in [6.07, 6.45) is 6.91. The predicted molar refractivity (Wildman–Crippen MR) is 194 cm³/mol. The van der Waals surface area contributed by atoms with Crippen molar-refractivity contribution >= 4 is 22.0 Å². The van der Waals surface area contributed by atoms with Gasteiger partial charge in [0.2, 0.25) is 15.9 Å². The molecule has 2 amide bonds. The first-order valence-corrected chi connectivity index (χ1v) is 19.8. The van der Waals surface area contributed by atoms with Crippen LogP contribution in [0.4, 0.5) is 13.6 Å². The van der Waals surface area contributed by atoms with E-state index >= 15 is 8.78 Å². The molecule has 280 valence electrons. The number of piperidine rings is 1. The van der Waals surface area contributed by atoms with Gasteiger partial charge in [0, 0.05) is 23.7 Å². The fraction of sp³-hybridized carbons (Fsp3) is 0.500. The third kappa shape index (κ3) is 8.94. The van der Waals surface area contributed by atoms with Crippen LogP contribution in [0.5, 0.6) is 5.75 Å². The summed E-state index contributed by atoms with van der Waals surface area (Å²) in [7, 11) is -4.60. The van der Waals surface area contributed by atoms with Gasteiger partial charge < -0.3 is 19.7 Å². The molecule has 2 aliphatic heterocycles. The third-order valence-corrected chi connectivity index (χ3v) is 11.8. The van der Waals surface area contributed by atoms with Crippen LogP contribution < -0.4 is 14.8 Å². The lowest BCUT2D eigenvalue weighted by atomic mass is 9.90. The number of hydrogen-bond acceptors (Lipinski definition) is 6. The molecule has 0 aromatic heterocycles. The monoisotopic (exact) mass is 737 g/mol. The summed E-state index contributed by atoms with van der Waals surface area (Å²) in [6.45, 7) is 5.81. The van der Waals surface area contributed by atoms with Gasteiger partial charge in [-0.15, -0.1) is 0 Å². The van der Waals surface area contributed by atoms with Crippen LogP contribution in [0.2, 0.25) is 0 Å².